The van der Waals surface area contributed by atoms with Crippen molar-refractivity contribution in [3.05, 3.63) is 41.1 Å². The highest BCUT2D eigenvalue weighted by Gasteiger charge is 2.12. The van der Waals surface area contributed by atoms with E-state index >= 15 is 0 Å². The van der Waals surface area contributed by atoms with Crippen molar-refractivity contribution in [2.24, 2.45) is 0 Å². The SMILES string of the molecule is CCc1ccc(-c2n[nH]c(CC(=O)O)c2C)cc1. The molecule has 0 aliphatic carbocycles. The zero-order chi connectivity index (χ0) is 13.1. The summed E-state index contributed by atoms with van der Waals surface area (Å²) in [6, 6.07) is 8.18. The Hall–Kier alpha value is -2.10. The molecule has 0 bridgehead atoms. The van der Waals surface area contributed by atoms with Crippen LogP contribution in [-0.4, -0.2) is 21.3 Å². The number of carboxylic acids is 1. The maximum atomic E-state index is 10.7. The monoisotopic (exact) mass is 244 g/mol. The molecule has 1 heterocycles. The lowest BCUT2D eigenvalue weighted by molar-refractivity contribution is -0.136. The van der Waals surface area contributed by atoms with Crippen LogP contribution in [0.15, 0.2) is 24.3 Å². The minimum Gasteiger partial charge on any atom is -0.481 e. The average molecular weight is 244 g/mol. The van der Waals surface area contributed by atoms with Crippen molar-refractivity contribution < 1.29 is 9.90 Å². The van der Waals surface area contributed by atoms with Crippen LogP contribution in [0, 0.1) is 6.92 Å². The molecule has 2 rings (SSSR count). The minimum atomic E-state index is -0.852. The van der Waals surface area contributed by atoms with Gasteiger partial charge < -0.3 is 5.11 Å². The number of H-pyrrole nitrogens is 1. The number of hydrogen-bond donors (Lipinski definition) is 2. The van der Waals surface area contributed by atoms with Crippen molar-refractivity contribution in [1.82, 2.24) is 10.2 Å². The van der Waals surface area contributed by atoms with Gasteiger partial charge in [-0.2, -0.15) is 5.10 Å². The molecule has 1 aromatic carbocycles. The van der Waals surface area contributed by atoms with Crippen LogP contribution in [0.3, 0.4) is 0 Å². The Balaban J connectivity index is 2.32. The van der Waals surface area contributed by atoms with Gasteiger partial charge in [-0.3, -0.25) is 9.89 Å². The molecule has 0 radical (unpaired) electrons. The fourth-order valence-corrected chi connectivity index (χ4v) is 1.94. The van der Waals surface area contributed by atoms with Crippen LogP contribution in [0.2, 0.25) is 0 Å². The van der Waals surface area contributed by atoms with Gasteiger partial charge in [0.15, 0.2) is 0 Å². The summed E-state index contributed by atoms with van der Waals surface area (Å²) >= 11 is 0. The number of benzene rings is 1. The van der Waals surface area contributed by atoms with E-state index < -0.39 is 5.97 Å². The lowest BCUT2D eigenvalue weighted by atomic mass is 10.0. The predicted molar refractivity (Wildman–Crippen MR) is 69.5 cm³/mol. The molecule has 0 aliphatic heterocycles. The number of nitrogens with zero attached hydrogens (tertiary/aromatic N) is 1. The summed E-state index contributed by atoms with van der Waals surface area (Å²) in [7, 11) is 0. The second-order valence-electron chi connectivity index (χ2n) is 4.30. The summed E-state index contributed by atoms with van der Waals surface area (Å²) in [5.74, 6) is -0.852. The van der Waals surface area contributed by atoms with Gasteiger partial charge in [0.25, 0.3) is 0 Å². The third-order valence-corrected chi connectivity index (χ3v) is 3.07. The molecular formula is C14H16N2O2. The predicted octanol–water partition coefficient (Wildman–Crippen LogP) is 2.57. The first-order chi connectivity index (χ1) is 8.61. The summed E-state index contributed by atoms with van der Waals surface area (Å²) < 4.78 is 0. The Morgan fingerprint density at radius 2 is 2.00 bits per heavy atom. The van der Waals surface area contributed by atoms with E-state index in [0.29, 0.717) is 5.69 Å². The van der Waals surface area contributed by atoms with Crippen LogP contribution in [0.1, 0.15) is 23.7 Å². The molecule has 0 unspecified atom stereocenters. The molecule has 4 nitrogen and oxygen atoms in total. The van der Waals surface area contributed by atoms with Crippen LogP contribution in [0.25, 0.3) is 11.3 Å². The number of carbonyl (C=O) groups is 1. The van der Waals surface area contributed by atoms with Crippen molar-refractivity contribution in [3.8, 4) is 11.3 Å². The van der Waals surface area contributed by atoms with Gasteiger partial charge in [-0.15, -0.1) is 0 Å². The van der Waals surface area contributed by atoms with E-state index in [4.69, 9.17) is 5.11 Å². The highest BCUT2D eigenvalue weighted by atomic mass is 16.4. The summed E-state index contributed by atoms with van der Waals surface area (Å²) in [4.78, 5) is 10.7. The standard InChI is InChI=1S/C14H16N2O2/c1-3-10-4-6-11(7-5-10)14-9(2)12(15-16-14)8-13(17)18/h4-7H,3,8H2,1-2H3,(H,15,16)(H,17,18). The van der Waals surface area contributed by atoms with Crippen molar-refractivity contribution in [3.63, 3.8) is 0 Å². The molecule has 0 atom stereocenters. The van der Waals surface area contributed by atoms with Gasteiger partial charge in [0, 0.05) is 11.3 Å². The third kappa shape index (κ3) is 2.42. The normalized spacial score (nSPS) is 10.6. The Morgan fingerprint density at radius 1 is 1.33 bits per heavy atom. The average Bonchev–Trinajstić information content (AvgIpc) is 2.71. The summed E-state index contributed by atoms with van der Waals surface area (Å²) in [6.07, 6.45) is 0.982. The molecule has 0 fully saturated rings. The highest BCUT2D eigenvalue weighted by molar-refractivity contribution is 5.72. The molecule has 0 aliphatic rings. The van der Waals surface area contributed by atoms with E-state index in [1.807, 2.05) is 19.1 Å². The molecule has 0 amide bonds. The third-order valence-electron chi connectivity index (χ3n) is 3.07. The number of carboxylic acid groups (broad SMARTS) is 1. The second kappa shape index (κ2) is 5.04. The van der Waals surface area contributed by atoms with E-state index in [1.165, 1.54) is 5.56 Å². The number of aryl methyl sites for hydroxylation is 1. The first-order valence-corrected chi connectivity index (χ1v) is 5.96. The quantitative estimate of drug-likeness (QED) is 0.868. The van der Waals surface area contributed by atoms with Gasteiger partial charge in [0.2, 0.25) is 0 Å². The van der Waals surface area contributed by atoms with Gasteiger partial charge in [-0.05, 0) is 24.5 Å². The van der Waals surface area contributed by atoms with Crippen molar-refractivity contribution >= 4 is 5.97 Å². The molecule has 1 aromatic heterocycles. The smallest absolute Gasteiger partial charge is 0.309 e. The topological polar surface area (TPSA) is 66.0 Å². The van der Waals surface area contributed by atoms with Gasteiger partial charge in [-0.25, -0.2) is 0 Å². The second-order valence-corrected chi connectivity index (χ2v) is 4.30. The fourth-order valence-electron chi connectivity index (χ4n) is 1.94. The van der Waals surface area contributed by atoms with Crippen LogP contribution in [-0.2, 0) is 17.6 Å². The van der Waals surface area contributed by atoms with Crippen molar-refractivity contribution in [2.75, 3.05) is 0 Å². The Bertz CT molecular complexity index is 556. The number of aromatic amines is 1. The first-order valence-electron chi connectivity index (χ1n) is 5.96. The fraction of sp³-hybridized carbons (Fsp3) is 0.286. The molecule has 0 saturated carbocycles. The molecule has 94 valence electrons. The van der Waals surface area contributed by atoms with Crippen LogP contribution in [0.4, 0.5) is 0 Å². The summed E-state index contributed by atoms with van der Waals surface area (Å²) in [5, 5.41) is 15.8. The molecule has 2 aromatic rings. The molecule has 2 N–H and O–H groups in total. The van der Waals surface area contributed by atoms with Gasteiger partial charge in [0.05, 0.1) is 12.1 Å². The van der Waals surface area contributed by atoms with E-state index in [2.05, 4.69) is 29.3 Å². The van der Waals surface area contributed by atoms with Crippen LogP contribution >= 0.6 is 0 Å². The van der Waals surface area contributed by atoms with E-state index in [1.54, 1.807) is 0 Å². The lowest BCUT2D eigenvalue weighted by Gasteiger charge is -2.01. The minimum absolute atomic E-state index is 0.0219. The van der Waals surface area contributed by atoms with E-state index in [0.717, 1.165) is 23.2 Å². The maximum absolute atomic E-state index is 10.7. The lowest BCUT2D eigenvalue weighted by Crippen LogP contribution is -2.01. The Kier molecular flexibility index (Phi) is 3.46. The van der Waals surface area contributed by atoms with Crippen molar-refractivity contribution in [1.29, 1.82) is 0 Å². The molecule has 4 heteroatoms. The number of nitrogens with one attached hydrogen (secondary N) is 1. The van der Waals surface area contributed by atoms with Crippen molar-refractivity contribution in [2.45, 2.75) is 26.7 Å². The summed E-state index contributed by atoms with van der Waals surface area (Å²) in [5.41, 5.74) is 4.68. The molecule has 18 heavy (non-hydrogen) atoms. The van der Waals surface area contributed by atoms with E-state index in [9.17, 15) is 4.79 Å². The number of hydrogen-bond acceptors (Lipinski definition) is 2. The Labute approximate surface area is 106 Å². The first kappa shape index (κ1) is 12.4. The molecule has 0 saturated heterocycles. The van der Waals surface area contributed by atoms with Crippen LogP contribution < -0.4 is 0 Å². The number of rotatable bonds is 4. The van der Waals surface area contributed by atoms with Gasteiger partial charge in [0.1, 0.15) is 0 Å². The number of aliphatic carboxylic acids is 1. The van der Waals surface area contributed by atoms with Gasteiger partial charge >= 0.3 is 5.97 Å². The van der Waals surface area contributed by atoms with E-state index in [-0.39, 0.29) is 6.42 Å². The van der Waals surface area contributed by atoms with Gasteiger partial charge in [-0.1, -0.05) is 31.2 Å². The largest absolute Gasteiger partial charge is 0.481 e. The molecular weight excluding hydrogens is 228 g/mol. The summed E-state index contributed by atoms with van der Waals surface area (Å²) in [6.45, 7) is 4.00. The Morgan fingerprint density at radius 3 is 2.56 bits per heavy atom. The number of aromatic nitrogens is 2. The maximum Gasteiger partial charge on any atom is 0.309 e. The van der Waals surface area contributed by atoms with Crippen LogP contribution in [0.5, 0.6) is 0 Å². The molecule has 0 spiro atoms. The highest BCUT2D eigenvalue weighted by Crippen LogP contribution is 2.23. The zero-order valence-corrected chi connectivity index (χ0v) is 10.5. The zero-order valence-electron chi connectivity index (χ0n) is 10.5.